The Morgan fingerprint density at radius 3 is 2.60 bits per heavy atom. The van der Waals surface area contributed by atoms with Crippen molar-refractivity contribution in [2.75, 3.05) is 60.7 Å². The molecule has 1 aliphatic heterocycles. The average Bonchev–Trinajstić information content (AvgIpc) is 2.64. The maximum Gasteiger partial charge on any atom is 0.191 e. The van der Waals surface area contributed by atoms with Gasteiger partial charge in [-0.2, -0.15) is 0 Å². The van der Waals surface area contributed by atoms with Crippen molar-refractivity contribution < 1.29 is 14.2 Å². The molecule has 0 spiro atoms. The number of nitrogens with zero attached hydrogens (tertiary/aromatic N) is 2. The second-order valence-electron chi connectivity index (χ2n) is 5.46. The number of aliphatic imine (C=N–C) groups is 1. The second kappa shape index (κ2) is 12.2. The van der Waals surface area contributed by atoms with Crippen molar-refractivity contribution in [3.63, 3.8) is 0 Å². The summed E-state index contributed by atoms with van der Waals surface area (Å²) in [5.41, 5.74) is 1.02. The number of rotatable bonds is 7. The predicted molar refractivity (Wildman–Crippen MR) is 110 cm³/mol. The average molecular weight is 464 g/mol. The van der Waals surface area contributed by atoms with Gasteiger partial charge in [-0.1, -0.05) is 12.1 Å². The summed E-state index contributed by atoms with van der Waals surface area (Å²) in [4.78, 5) is 6.65. The molecule has 2 rings (SSSR count). The number of para-hydroxylation sites is 1. The molecule has 2 N–H and O–H groups in total. The highest BCUT2D eigenvalue weighted by Crippen LogP contribution is 2.30. The predicted octanol–water partition coefficient (Wildman–Crippen LogP) is 1.32. The summed E-state index contributed by atoms with van der Waals surface area (Å²) >= 11 is 0. The van der Waals surface area contributed by atoms with Crippen LogP contribution in [0.15, 0.2) is 23.2 Å². The first kappa shape index (κ1) is 21.8. The smallest absolute Gasteiger partial charge is 0.191 e. The number of halogens is 1. The molecule has 1 aromatic carbocycles. The first-order valence-corrected chi connectivity index (χ1v) is 8.23. The summed E-state index contributed by atoms with van der Waals surface area (Å²) in [6.45, 7) is 6.06. The van der Waals surface area contributed by atoms with E-state index in [0.717, 1.165) is 62.4 Å². The zero-order valence-electron chi connectivity index (χ0n) is 15.2. The summed E-state index contributed by atoms with van der Waals surface area (Å²) in [7, 11) is 5.06. The third-order valence-electron chi connectivity index (χ3n) is 3.98. The van der Waals surface area contributed by atoms with Crippen LogP contribution in [0.5, 0.6) is 11.5 Å². The van der Waals surface area contributed by atoms with Gasteiger partial charge in [-0.25, -0.2) is 0 Å². The molecule has 0 saturated carbocycles. The van der Waals surface area contributed by atoms with Gasteiger partial charge in [0, 0.05) is 45.3 Å². The molecule has 7 nitrogen and oxygen atoms in total. The number of ether oxygens (including phenoxy) is 3. The van der Waals surface area contributed by atoms with Crippen LogP contribution in [0.25, 0.3) is 0 Å². The standard InChI is InChI=1S/C17H28N4O3.HI/c1-18-17(19-7-8-21-9-11-24-12-10-21)20-13-14-5-4-6-15(22-2)16(14)23-3;/h4-6H,7-13H2,1-3H3,(H2,18,19,20);1H. The molecule has 0 aromatic heterocycles. The highest BCUT2D eigenvalue weighted by atomic mass is 127. The highest BCUT2D eigenvalue weighted by Gasteiger charge is 2.11. The maximum atomic E-state index is 5.45. The molecule has 1 fully saturated rings. The van der Waals surface area contributed by atoms with Gasteiger partial charge >= 0.3 is 0 Å². The Bertz CT molecular complexity index is 537. The van der Waals surface area contributed by atoms with Crippen LogP contribution < -0.4 is 20.1 Å². The molecule has 1 aliphatic rings. The lowest BCUT2D eigenvalue weighted by molar-refractivity contribution is 0.0389. The quantitative estimate of drug-likeness (QED) is 0.361. The van der Waals surface area contributed by atoms with Crippen molar-refractivity contribution >= 4 is 29.9 Å². The van der Waals surface area contributed by atoms with Crippen molar-refractivity contribution in [2.45, 2.75) is 6.54 Å². The van der Waals surface area contributed by atoms with Crippen LogP contribution >= 0.6 is 24.0 Å². The number of hydrogen-bond acceptors (Lipinski definition) is 5. The number of morpholine rings is 1. The Kier molecular flexibility index (Phi) is 10.6. The van der Waals surface area contributed by atoms with Gasteiger partial charge in [0.05, 0.1) is 27.4 Å². The van der Waals surface area contributed by atoms with Gasteiger partial charge in [0.15, 0.2) is 17.5 Å². The van der Waals surface area contributed by atoms with E-state index in [1.807, 2.05) is 18.2 Å². The lowest BCUT2D eigenvalue weighted by atomic mass is 10.2. The van der Waals surface area contributed by atoms with Crippen LogP contribution in [-0.4, -0.2) is 71.5 Å². The van der Waals surface area contributed by atoms with Gasteiger partial charge in [0.2, 0.25) is 0 Å². The fraction of sp³-hybridized carbons (Fsp3) is 0.588. The number of benzene rings is 1. The van der Waals surface area contributed by atoms with E-state index < -0.39 is 0 Å². The Morgan fingerprint density at radius 1 is 1.20 bits per heavy atom. The first-order chi connectivity index (χ1) is 11.8. The minimum atomic E-state index is 0. The molecule has 142 valence electrons. The van der Waals surface area contributed by atoms with E-state index >= 15 is 0 Å². The van der Waals surface area contributed by atoms with Crippen molar-refractivity contribution in [2.24, 2.45) is 4.99 Å². The summed E-state index contributed by atoms with van der Waals surface area (Å²) in [5.74, 6) is 2.25. The number of hydrogen-bond donors (Lipinski definition) is 2. The molecule has 0 bridgehead atoms. The largest absolute Gasteiger partial charge is 0.493 e. The van der Waals surface area contributed by atoms with E-state index in [1.54, 1.807) is 21.3 Å². The summed E-state index contributed by atoms with van der Waals surface area (Å²) in [5, 5.41) is 6.65. The number of nitrogens with one attached hydrogen (secondary N) is 2. The van der Waals surface area contributed by atoms with Crippen LogP contribution in [0, 0.1) is 0 Å². The third kappa shape index (κ3) is 6.87. The molecule has 0 radical (unpaired) electrons. The van der Waals surface area contributed by atoms with E-state index in [2.05, 4.69) is 20.5 Å². The normalized spacial score (nSPS) is 15.2. The summed E-state index contributed by atoms with van der Waals surface area (Å²) in [6.07, 6.45) is 0. The minimum Gasteiger partial charge on any atom is -0.493 e. The van der Waals surface area contributed by atoms with Gasteiger partial charge in [0.25, 0.3) is 0 Å². The maximum absolute atomic E-state index is 5.45. The molecule has 0 aliphatic carbocycles. The lowest BCUT2D eigenvalue weighted by Crippen LogP contribution is -2.44. The van der Waals surface area contributed by atoms with Gasteiger partial charge in [-0.15, -0.1) is 24.0 Å². The molecular weight excluding hydrogens is 435 g/mol. The Morgan fingerprint density at radius 2 is 1.96 bits per heavy atom. The SMILES string of the molecule is CN=C(NCCN1CCOCC1)NCc1cccc(OC)c1OC.I. The van der Waals surface area contributed by atoms with Crippen molar-refractivity contribution in [1.82, 2.24) is 15.5 Å². The fourth-order valence-electron chi connectivity index (χ4n) is 2.65. The Hall–Kier alpha value is -1.26. The van der Waals surface area contributed by atoms with Gasteiger partial charge in [-0.3, -0.25) is 9.89 Å². The van der Waals surface area contributed by atoms with Crippen molar-refractivity contribution in [1.29, 1.82) is 0 Å². The molecule has 1 heterocycles. The monoisotopic (exact) mass is 464 g/mol. The van der Waals surface area contributed by atoms with Crippen molar-refractivity contribution in [3.8, 4) is 11.5 Å². The van der Waals surface area contributed by atoms with Crippen LogP contribution in [0.3, 0.4) is 0 Å². The first-order valence-electron chi connectivity index (χ1n) is 8.23. The molecule has 0 unspecified atom stereocenters. The van der Waals surface area contributed by atoms with E-state index in [-0.39, 0.29) is 24.0 Å². The molecular formula is C17H29IN4O3. The number of methoxy groups -OCH3 is 2. The molecule has 1 saturated heterocycles. The molecule has 8 heteroatoms. The Labute approximate surface area is 167 Å². The molecule has 0 atom stereocenters. The van der Waals surface area contributed by atoms with Gasteiger partial charge < -0.3 is 24.8 Å². The molecule has 0 amide bonds. The lowest BCUT2D eigenvalue weighted by Gasteiger charge is -2.26. The summed E-state index contributed by atoms with van der Waals surface area (Å²) in [6, 6.07) is 5.85. The topological polar surface area (TPSA) is 67.4 Å². The van der Waals surface area contributed by atoms with Crippen LogP contribution in [0.1, 0.15) is 5.56 Å². The summed E-state index contributed by atoms with van der Waals surface area (Å²) < 4.78 is 16.1. The van der Waals surface area contributed by atoms with E-state index in [1.165, 1.54) is 0 Å². The highest BCUT2D eigenvalue weighted by molar-refractivity contribution is 14.0. The zero-order chi connectivity index (χ0) is 17.2. The van der Waals surface area contributed by atoms with Gasteiger partial charge in [-0.05, 0) is 6.07 Å². The van der Waals surface area contributed by atoms with Gasteiger partial charge in [0.1, 0.15) is 0 Å². The van der Waals surface area contributed by atoms with Crippen LogP contribution in [-0.2, 0) is 11.3 Å². The molecule has 25 heavy (non-hydrogen) atoms. The second-order valence-corrected chi connectivity index (χ2v) is 5.46. The van der Waals surface area contributed by atoms with E-state index in [9.17, 15) is 0 Å². The third-order valence-corrected chi connectivity index (χ3v) is 3.98. The van der Waals surface area contributed by atoms with Crippen molar-refractivity contribution in [3.05, 3.63) is 23.8 Å². The number of guanidine groups is 1. The van der Waals surface area contributed by atoms with Crippen LogP contribution in [0.4, 0.5) is 0 Å². The Balaban J connectivity index is 0.00000312. The van der Waals surface area contributed by atoms with E-state index in [4.69, 9.17) is 14.2 Å². The fourth-order valence-corrected chi connectivity index (χ4v) is 2.65. The van der Waals surface area contributed by atoms with E-state index in [0.29, 0.717) is 6.54 Å². The van der Waals surface area contributed by atoms with Crippen LogP contribution in [0.2, 0.25) is 0 Å². The molecule has 1 aromatic rings. The minimum absolute atomic E-state index is 0. The zero-order valence-corrected chi connectivity index (χ0v) is 17.5.